The molecular weight excluding hydrogens is 310 g/mol. The van der Waals surface area contributed by atoms with Gasteiger partial charge in [0.15, 0.2) is 0 Å². The lowest BCUT2D eigenvalue weighted by molar-refractivity contribution is 0.0584. The van der Waals surface area contributed by atoms with E-state index < -0.39 is 0 Å². The van der Waals surface area contributed by atoms with E-state index in [1.807, 2.05) is 18.5 Å². The third-order valence-corrected chi connectivity index (χ3v) is 6.30. The second kappa shape index (κ2) is 5.55. The fourth-order valence-electron chi connectivity index (χ4n) is 5.23. The maximum Gasteiger partial charge on any atom is 0.145 e. The summed E-state index contributed by atoms with van der Waals surface area (Å²) in [5.41, 5.74) is 8.89. The van der Waals surface area contributed by atoms with Crippen LogP contribution in [0, 0.1) is 11.3 Å². The summed E-state index contributed by atoms with van der Waals surface area (Å²) in [6.45, 7) is 0. The Hall–Kier alpha value is -2.43. The van der Waals surface area contributed by atoms with Gasteiger partial charge in [-0.05, 0) is 67.6 Å². The summed E-state index contributed by atoms with van der Waals surface area (Å²) in [6.07, 6.45) is 15.3. The summed E-state index contributed by atoms with van der Waals surface area (Å²) in [5.74, 6) is 1.40. The number of fused-ring (bicyclic) bond motifs is 1. The predicted octanol–water partition coefficient (Wildman–Crippen LogP) is 3.77. The molecule has 0 saturated heterocycles. The fourth-order valence-corrected chi connectivity index (χ4v) is 5.23. The van der Waals surface area contributed by atoms with Crippen LogP contribution < -0.4 is 5.73 Å². The van der Waals surface area contributed by atoms with Gasteiger partial charge in [0.2, 0.25) is 0 Å². The van der Waals surface area contributed by atoms with E-state index in [-0.39, 0.29) is 0 Å². The van der Waals surface area contributed by atoms with E-state index in [0.29, 0.717) is 17.3 Å². The molecular formula is C20H23N5. The van der Waals surface area contributed by atoms with Crippen LogP contribution in [0.5, 0.6) is 0 Å². The van der Waals surface area contributed by atoms with Gasteiger partial charge in [-0.15, -0.1) is 0 Å². The summed E-state index contributed by atoms with van der Waals surface area (Å²) in [4.78, 5) is 12.8. The number of aromatic nitrogens is 4. The van der Waals surface area contributed by atoms with Crippen molar-refractivity contribution in [1.82, 2.24) is 19.5 Å². The molecule has 25 heavy (non-hydrogen) atoms. The van der Waals surface area contributed by atoms with Gasteiger partial charge < -0.3 is 10.3 Å². The first-order chi connectivity index (χ1) is 12.2. The van der Waals surface area contributed by atoms with Crippen molar-refractivity contribution in [3.05, 3.63) is 48.7 Å². The molecule has 2 aliphatic carbocycles. The van der Waals surface area contributed by atoms with Crippen molar-refractivity contribution in [2.75, 3.05) is 5.73 Å². The van der Waals surface area contributed by atoms with Crippen LogP contribution in [-0.2, 0) is 6.42 Å². The van der Waals surface area contributed by atoms with Crippen LogP contribution in [-0.4, -0.2) is 19.5 Å². The van der Waals surface area contributed by atoms with Gasteiger partial charge in [-0.2, -0.15) is 0 Å². The zero-order chi connectivity index (χ0) is 16.9. The number of anilines is 1. The van der Waals surface area contributed by atoms with Gasteiger partial charge in [0.25, 0.3) is 0 Å². The standard InChI is InChI=1S/C20H23N5/c21-18-17-4-7-25(19(17)24-13-23-18)16-3-5-20(11-16)9-15(10-20)8-14-2-1-6-22-12-14/h1-2,4,6-7,12-13,15-16H,3,5,8-11H2,(H2,21,23,24)/t15-,16-,20-/m0/s1. The molecule has 5 heteroatoms. The Balaban J connectivity index is 1.28. The van der Waals surface area contributed by atoms with Crippen LogP contribution in [0.15, 0.2) is 43.1 Å². The fraction of sp³-hybridized carbons (Fsp3) is 0.450. The topological polar surface area (TPSA) is 69.6 Å². The number of nitrogen functional groups attached to an aromatic ring is 1. The maximum atomic E-state index is 5.98. The number of nitrogens with zero attached hydrogens (tertiary/aromatic N) is 4. The Morgan fingerprint density at radius 2 is 2.12 bits per heavy atom. The Morgan fingerprint density at radius 1 is 1.20 bits per heavy atom. The van der Waals surface area contributed by atoms with E-state index in [1.54, 1.807) is 6.33 Å². The highest BCUT2D eigenvalue weighted by Crippen LogP contribution is 2.59. The number of hydrogen-bond donors (Lipinski definition) is 1. The van der Waals surface area contributed by atoms with E-state index in [1.165, 1.54) is 44.1 Å². The Bertz CT molecular complexity index is 895. The molecule has 0 aromatic carbocycles. The SMILES string of the molecule is Nc1ncnc2c1ccn2[C@H]1CC[C@]2(C1)C[C@H](Cc1cccnc1)C2. The Kier molecular flexibility index (Phi) is 3.30. The highest BCUT2D eigenvalue weighted by atomic mass is 15.1. The van der Waals surface area contributed by atoms with Gasteiger partial charge in [-0.25, -0.2) is 9.97 Å². The summed E-state index contributed by atoms with van der Waals surface area (Å²) in [7, 11) is 0. The van der Waals surface area contributed by atoms with Crippen molar-refractivity contribution in [3.63, 3.8) is 0 Å². The van der Waals surface area contributed by atoms with Gasteiger partial charge in [0.1, 0.15) is 17.8 Å². The van der Waals surface area contributed by atoms with E-state index in [0.717, 1.165) is 17.0 Å². The number of rotatable bonds is 3. The van der Waals surface area contributed by atoms with Crippen LogP contribution in [0.1, 0.15) is 43.7 Å². The summed E-state index contributed by atoms with van der Waals surface area (Å²) < 4.78 is 2.33. The molecule has 0 bridgehead atoms. The second-order valence-electron chi connectivity index (χ2n) is 7.96. The molecule has 0 aliphatic heterocycles. The molecule has 3 aromatic rings. The largest absolute Gasteiger partial charge is 0.383 e. The molecule has 2 aliphatic rings. The van der Waals surface area contributed by atoms with Crippen molar-refractivity contribution >= 4 is 16.9 Å². The van der Waals surface area contributed by atoms with Gasteiger partial charge >= 0.3 is 0 Å². The molecule has 0 amide bonds. The number of pyridine rings is 1. The van der Waals surface area contributed by atoms with Gasteiger partial charge in [0.05, 0.1) is 5.39 Å². The lowest BCUT2D eigenvalue weighted by Crippen LogP contribution is -2.36. The molecule has 2 saturated carbocycles. The average molecular weight is 333 g/mol. The molecule has 3 aromatic heterocycles. The molecule has 3 heterocycles. The monoisotopic (exact) mass is 333 g/mol. The molecule has 0 unspecified atom stereocenters. The molecule has 1 spiro atoms. The van der Waals surface area contributed by atoms with E-state index in [9.17, 15) is 0 Å². The zero-order valence-electron chi connectivity index (χ0n) is 14.3. The summed E-state index contributed by atoms with van der Waals surface area (Å²) in [5, 5.41) is 0.978. The highest BCUT2D eigenvalue weighted by Gasteiger charge is 2.48. The van der Waals surface area contributed by atoms with Crippen LogP contribution in [0.4, 0.5) is 5.82 Å². The first-order valence-electron chi connectivity index (χ1n) is 9.18. The second-order valence-corrected chi connectivity index (χ2v) is 7.96. The number of nitrogens with two attached hydrogens (primary N) is 1. The normalized spacial score (nSPS) is 28.5. The predicted molar refractivity (Wildman–Crippen MR) is 97.9 cm³/mol. The van der Waals surface area contributed by atoms with E-state index >= 15 is 0 Å². The van der Waals surface area contributed by atoms with Crippen molar-refractivity contribution in [1.29, 1.82) is 0 Å². The minimum atomic E-state index is 0.547. The summed E-state index contributed by atoms with van der Waals surface area (Å²) >= 11 is 0. The van der Waals surface area contributed by atoms with Crippen molar-refractivity contribution in [2.24, 2.45) is 11.3 Å². The first kappa shape index (κ1) is 14.9. The molecule has 128 valence electrons. The lowest BCUT2D eigenvalue weighted by atomic mass is 9.59. The molecule has 0 radical (unpaired) electrons. The van der Waals surface area contributed by atoms with E-state index in [2.05, 4.69) is 37.8 Å². The molecule has 2 fully saturated rings. The Labute approximate surface area is 147 Å². The third kappa shape index (κ3) is 2.49. The highest BCUT2D eigenvalue weighted by molar-refractivity contribution is 5.86. The first-order valence-corrected chi connectivity index (χ1v) is 9.18. The minimum absolute atomic E-state index is 0.547. The van der Waals surface area contributed by atoms with Crippen LogP contribution in [0.25, 0.3) is 11.0 Å². The molecule has 5 nitrogen and oxygen atoms in total. The zero-order valence-corrected chi connectivity index (χ0v) is 14.3. The van der Waals surface area contributed by atoms with Crippen molar-refractivity contribution < 1.29 is 0 Å². The maximum absolute atomic E-state index is 5.98. The quantitative estimate of drug-likeness (QED) is 0.792. The van der Waals surface area contributed by atoms with E-state index in [4.69, 9.17) is 5.73 Å². The van der Waals surface area contributed by atoms with Crippen molar-refractivity contribution in [3.8, 4) is 0 Å². The Morgan fingerprint density at radius 3 is 2.96 bits per heavy atom. The van der Waals surface area contributed by atoms with Gasteiger partial charge in [-0.1, -0.05) is 6.07 Å². The van der Waals surface area contributed by atoms with Gasteiger partial charge in [-0.3, -0.25) is 4.98 Å². The third-order valence-electron chi connectivity index (χ3n) is 6.30. The summed E-state index contributed by atoms with van der Waals surface area (Å²) in [6, 6.07) is 6.85. The van der Waals surface area contributed by atoms with Crippen LogP contribution >= 0.6 is 0 Å². The number of hydrogen-bond acceptors (Lipinski definition) is 4. The average Bonchev–Trinajstić information content (AvgIpc) is 3.20. The molecule has 5 rings (SSSR count). The smallest absolute Gasteiger partial charge is 0.145 e. The minimum Gasteiger partial charge on any atom is -0.383 e. The molecule has 1 atom stereocenters. The van der Waals surface area contributed by atoms with Crippen molar-refractivity contribution in [2.45, 2.75) is 44.6 Å². The molecule has 2 N–H and O–H groups in total. The van der Waals surface area contributed by atoms with Crippen LogP contribution in [0.2, 0.25) is 0 Å². The lowest BCUT2D eigenvalue weighted by Gasteiger charge is -2.46. The van der Waals surface area contributed by atoms with Gasteiger partial charge in [0, 0.05) is 24.6 Å². The van der Waals surface area contributed by atoms with Crippen LogP contribution in [0.3, 0.4) is 0 Å².